The van der Waals surface area contributed by atoms with E-state index < -0.39 is 11.9 Å². The Hall–Kier alpha value is -1.85. The zero-order chi connectivity index (χ0) is 15.4. The van der Waals surface area contributed by atoms with Crippen LogP contribution < -0.4 is 5.32 Å². The Labute approximate surface area is 118 Å². The lowest BCUT2D eigenvalue weighted by Crippen LogP contribution is -2.36. The number of aryl methyl sites for hydroxylation is 1. The lowest BCUT2D eigenvalue weighted by molar-refractivity contribution is -0.142. The van der Waals surface area contributed by atoms with Gasteiger partial charge in [0.15, 0.2) is 5.76 Å². The van der Waals surface area contributed by atoms with Gasteiger partial charge in [-0.15, -0.1) is 0 Å². The van der Waals surface area contributed by atoms with Crippen molar-refractivity contribution >= 4 is 11.9 Å². The van der Waals surface area contributed by atoms with Gasteiger partial charge in [0.1, 0.15) is 5.56 Å². The lowest BCUT2D eigenvalue weighted by Gasteiger charge is -2.16. The summed E-state index contributed by atoms with van der Waals surface area (Å²) < 4.78 is 5.15. The van der Waals surface area contributed by atoms with Crippen molar-refractivity contribution in [2.24, 2.45) is 11.8 Å². The van der Waals surface area contributed by atoms with Crippen LogP contribution in [-0.2, 0) is 4.79 Å². The first kappa shape index (κ1) is 16.2. The first-order valence-electron chi connectivity index (χ1n) is 6.72. The van der Waals surface area contributed by atoms with Crippen LogP contribution in [0.2, 0.25) is 0 Å². The Morgan fingerprint density at radius 3 is 2.35 bits per heavy atom. The maximum absolute atomic E-state index is 12.2. The number of carboxylic acids is 1. The third-order valence-corrected chi connectivity index (χ3v) is 3.25. The highest BCUT2D eigenvalue weighted by molar-refractivity contribution is 5.96. The van der Waals surface area contributed by atoms with Crippen LogP contribution in [0.15, 0.2) is 4.52 Å². The van der Waals surface area contributed by atoms with Gasteiger partial charge in [-0.2, -0.15) is 0 Å². The molecule has 0 radical (unpaired) electrons. The topological polar surface area (TPSA) is 92.4 Å². The molecule has 1 aromatic rings. The molecule has 0 aliphatic heterocycles. The summed E-state index contributed by atoms with van der Waals surface area (Å²) in [5.74, 6) is -1.35. The molecule has 1 unspecified atom stereocenters. The van der Waals surface area contributed by atoms with Crippen molar-refractivity contribution in [2.75, 3.05) is 6.54 Å². The van der Waals surface area contributed by atoms with Gasteiger partial charge in [0.25, 0.3) is 5.91 Å². The Bertz CT molecular complexity index is 491. The Balaban J connectivity index is 2.82. The summed E-state index contributed by atoms with van der Waals surface area (Å²) in [4.78, 5) is 23.3. The van der Waals surface area contributed by atoms with E-state index in [-0.39, 0.29) is 24.3 Å². The van der Waals surface area contributed by atoms with Crippen molar-refractivity contribution in [3.05, 3.63) is 17.0 Å². The molecule has 0 aromatic carbocycles. The summed E-state index contributed by atoms with van der Waals surface area (Å²) >= 11 is 0. The molecule has 0 fully saturated rings. The molecule has 1 rings (SSSR count). The van der Waals surface area contributed by atoms with Crippen molar-refractivity contribution in [3.63, 3.8) is 0 Å². The summed E-state index contributed by atoms with van der Waals surface area (Å²) in [6.07, 6.45) is 0. The van der Waals surface area contributed by atoms with Crippen molar-refractivity contribution in [1.82, 2.24) is 10.5 Å². The molecule has 1 atom stereocenters. The normalized spacial score (nSPS) is 12.8. The molecule has 1 amide bonds. The number of nitrogens with zero attached hydrogens (tertiary/aromatic N) is 1. The first-order valence-corrected chi connectivity index (χ1v) is 6.72. The number of amides is 1. The minimum absolute atomic E-state index is 0.0392. The molecule has 6 nitrogen and oxygen atoms in total. The summed E-state index contributed by atoms with van der Waals surface area (Å²) in [5, 5.41) is 15.6. The Morgan fingerprint density at radius 2 is 1.90 bits per heavy atom. The van der Waals surface area contributed by atoms with Crippen LogP contribution in [0, 0.1) is 18.8 Å². The van der Waals surface area contributed by atoms with Crippen LogP contribution in [0.1, 0.15) is 55.4 Å². The van der Waals surface area contributed by atoms with E-state index in [0.29, 0.717) is 17.0 Å². The van der Waals surface area contributed by atoms with Gasteiger partial charge in [0, 0.05) is 12.5 Å². The number of carboxylic acid groups (broad SMARTS) is 1. The first-order chi connectivity index (χ1) is 9.25. The zero-order valence-electron chi connectivity index (χ0n) is 12.6. The van der Waals surface area contributed by atoms with Gasteiger partial charge in [-0.25, -0.2) is 0 Å². The molecule has 2 N–H and O–H groups in total. The molecule has 0 saturated carbocycles. The third-order valence-electron chi connectivity index (χ3n) is 3.25. The number of aromatic nitrogens is 1. The average molecular weight is 282 g/mol. The minimum Gasteiger partial charge on any atom is -0.481 e. The molecular weight excluding hydrogens is 260 g/mol. The number of hydrogen-bond donors (Lipinski definition) is 2. The summed E-state index contributed by atoms with van der Waals surface area (Å²) in [6, 6.07) is 0. The van der Waals surface area contributed by atoms with Crippen LogP contribution >= 0.6 is 0 Å². The van der Waals surface area contributed by atoms with Gasteiger partial charge >= 0.3 is 5.97 Å². The number of aliphatic carboxylic acids is 1. The highest BCUT2D eigenvalue weighted by atomic mass is 16.5. The van der Waals surface area contributed by atoms with Crippen LogP contribution in [-0.4, -0.2) is 28.7 Å². The van der Waals surface area contributed by atoms with E-state index in [2.05, 4.69) is 10.5 Å². The summed E-state index contributed by atoms with van der Waals surface area (Å²) in [6.45, 7) is 9.23. The largest absolute Gasteiger partial charge is 0.481 e. The van der Waals surface area contributed by atoms with E-state index in [9.17, 15) is 9.59 Å². The van der Waals surface area contributed by atoms with Gasteiger partial charge < -0.3 is 14.9 Å². The van der Waals surface area contributed by atoms with Gasteiger partial charge in [-0.3, -0.25) is 9.59 Å². The molecule has 1 aromatic heterocycles. The van der Waals surface area contributed by atoms with E-state index in [0.717, 1.165) is 0 Å². The fourth-order valence-corrected chi connectivity index (χ4v) is 1.96. The highest BCUT2D eigenvalue weighted by Crippen LogP contribution is 2.22. The highest BCUT2D eigenvalue weighted by Gasteiger charge is 2.26. The maximum atomic E-state index is 12.2. The zero-order valence-corrected chi connectivity index (χ0v) is 12.6. The van der Waals surface area contributed by atoms with Gasteiger partial charge in [-0.05, 0) is 12.8 Å². The minimum atomic E-state index is -0.911. The second-order valence-corrected chi connectivity index (χ2v) is 5.56. The second-order valence-electron chi connectivity index (χ2n) is 5.56. The summed E-state index contributed by atoms with van der Waals surface area (Å²) in [7, 11) is 0. The average Bonchev–Trinajstić information content (AvgIpc) is 2.70. The van der Waals surface area contributed by atoms with E-state index >= 15 is 0 Å². The van der Waals surface area contributed by atoms with Gasteiger partial charge in [0.05, 0.1) is 11.6 Å². The van der Waals surface area contributed by atoms with E-state index in [1.54, 1.807) is 6.92 Å². The second kappa shape index (κ2) is 6.54. The SMILES string of the molecule is Cc1noc(C(C)C)c1C(=O)NCC(C(=O)O)C(C)C. The smallest absolute Gasteiger partial charge is 0.308 e. The van der Waals surface area contributed by atoms with Crippen molar-refractivity contribution in [2.45, 2.75) is 40.5 Å². The molecule has 20 heavy (non-hydrogen) atoms. The summed E-state index contributed by atoms with van der Waals surface area (Å²) in [5.41, 5.74) is 0.926. The van der Waals surface area contributed by atoms with E-state index in [4.69, 9.17) is 9.63 Å². The molecule has 0 bridgehead atoms. The standard InChI is InChI=1S/C14H22N2O4/c1-7(2)10(14(18)19)6-15-13(17)11-9(5)16-20-12(11)8(3)4/h7-8,10H,6H2,1-5H3,(H,15,17)(H,18,19). The monoisotopic (exact) mass is 282 g/mol. The van der Waals surface area contributed by atoms with Gasteiger partial charge in [0.2, 0.25) is 0 Å². The van der Waals surface area contributed by atoms with Crippen molar-refractivity contribution < 1.29 is 19.2 Å². The quantitative estimate of drug-likeness (QED) is 0.834. The predicted molar refractivity (Wildman–Crippen MR) is 73.6 cm³/mol. The molecule has 0 saturated heterocycles. The molecule has 112 valence electrons. The van der Waals surface area contributed by atoms with Crippen LogP contribution in [0.5, 0.6) is 0 Å². The maximum Gasteiger partial charge on any atom is 0.308 e. The van der Waals surface area contributed by atoms with Crippen LogP contribution in [0.4, 0.5) is 0 Å². The predicted octanol–water partition coefficient (Wildman–Crippen LogP) is 2.19. The molecule has 0 aliphatic rings. The van der Waals surface area contributed by atoms with E-state index in [1.807, 2.05) is 27.7 Å². The fraction of sp³-hybridized carbons (Fsp3) is 0.643. The van der Waals surface area contributed by atoms with Crippen LogP contribution in [0.25, 0.3) is 0 Å². The van der Waals surface area contributed by atoms with Crippen LogP contribution in [0.3, 0.4) is 0 Å². The number of hydrogen-bond acceptors (Lipinski definition) is 4. The number of nitrogens with one attached hydrogen (secondary N) is 1. The van der Waals surface area contributed by atoms with E-state index in [1.165, 1.54) is 0 Å². The molecule has 6 heteroatoms. The molecule has 1 heterocycles. The number of rotatable bonds is 6. The number of carbonyl (C=O) groups excluding carboxylic acids is 1. The van der Waals surface area contributed by atoms with Crippen molar-refractivity contribution in [1.29, 1.82) is 0 Å². The molecule has 0 spiro atoms. The molecule has 0 aliphatic carbocycles. The Kier molecular flexibility index (Phi) is 5.30. The van der Waals surface area contributed by atoms with Crippen molar-refractivity contribution in [3.8, 4) is 0 Å². The third kappa shape index (κ3) is 3.59. The molecular formula is C14H22N2O4. The fourth-order valence-electron chi connectivity index (χ4n) is 1.96. The Morgan fingerprint density at radius 1 is 1.30 bits per heavy atom. The van der Waals surface area contributed by atoms with Gasteiger partial charge in [-0.1, -0.05) is 32.9 Å². The number of carbonyl (C=O) groups is 2. The lowest BCUT2D eigenvalue weighted by atomic mass is 9.96.